The summed E-state index contributed by atoms with van der Waals surface area (Å²) in [7, 11) is 1.91. The van der Waals surface area contributed by atoms with Crippen molar-refractivity contribution in [3.05, 3.63) is 0 Å². The monoisotopic (exact) mass is 300 g/mol. The molecule has 0 aromatic carbocycles. The number of amides is 1. The molecule has 1 amide bonds. The Kier molecular flexibility index (Phi) is 4.96. The third kappa shape index (κ3) is 3.11. The summed E-state index contributed by atoms with van der Waals surface area (Å²) >= 11 is 1.54. The van der Waals surface area contributed by atoms with Crippen molar-refractivity contribution >= 4 is 23.6 Å². The van der Waals surface area contributed by atoms with Gasteiger partial charge >= 0.3 is 5.97 Å². The molecule has 114 valence electrons. The number of hydrogen-bond donors (Lipinski definition) is 2. The van der Waals surface area contributed by atoms with Crippen LogP contribution in [0.3, 0.4) is 0 Å². The van der Waals surface area contributed by atoms with Crippen LogP contribution in [-0.4, -0.2) is 51.6 Å². The minimum atomic E-state index is -0.891. The summed E-state index contributed by atoms with van der Waals surface area (Å²) in [6.45, 7) is 1.92. The van der Waals surface area contributed by atoms with Gasteiger partial charge in [0.25, 0.3) is 0 Å². The molecule has 0 spiro atoms. The maximum Gasteiger partial charge on any atom is 0.327 e. The highest BCUT2D eigenvalue weighted by Crippen LogP contribution is 2.34. The number of aliphatic carboxylic acids is 1. The van der Waals surface area contributed by atoms with Crippen molar-refractivity contribution in [3.8, 4) is 0 Å². The van der Waals surface area contributed by atoms with Crippen LogP contribution in [0.2, 0.25) is 0 Å². The molecule has 0 bridgehead atoms. The second kappa shape index (κ2) is 6.35. The quantitative estimate of drug-likeness (QED) is 0.826. The Hall–Kier alpha value is -0.750. The number of nitrogens with one attached hydrogen (secondary N) is 1. The molecule has 2 atom stereocenters. The number of carboxylic acid groups (broad SMARTS) is 1. The number of rotatable bonds is 4. The van der Waals surface area contributed by atoms with E-state index >= 15 is 0 Å². The Bertz CT molecular complexity index is 383. The summed E-state index contributed by atoms with van der Waals surface area (Å²) in [5.74, 6) is -0.419. The van der Waals surface area contributed by atoms with Gasteiger partial charge in [0.2, 0.25) is 5.91 Å². The van der Waals surface area contributed by atoms with Gasteiger partial charge in [0.1, 0.15) is 6.04 Å². The molecule has 1 heterocycles. The van der Waals surface area contributed by atoms with Gasteiger partial charge in [-0.15, -0.1) is 11.8 Å². The molecule has 20 heavy (non-hydrogen) atoms. The fourth-order valence-electron chi connectivity index (χ4n) is 3.34. The third-order valence-electron chi connectivity index (χ3n) is 4.63. The molecule has 2 fully saturated rings. The lowest BCUT2D eigenvalue weighted by atomic mass is 9.79. The molecule has 6 heteroatoms. The van der Waals surface area contributed by atoms with Crippen molar-refractivity contribution in [2.45, 2.75) is 62.4 Å². The predicted octanol–water partition coefficient (Wildman–Crippen LogP) is 1.67. The van der Waals surface area contributed by atoms with Crippen molar-refractivity contribution in [2.24, 2.45) is 0 Å². The Morgan fingerprint density at radius 3 is 2.55 bits per heavy atom. The van der Waals surface area contributed by atoms with Crippen LogP contribution in [0, 0.1) is 0 Å². The smallest absolute Gasteiger partial charge is 0.327 e. The fourth-order valence-corrected chi connectivity index (χ4v) is 4.52. The summed E-state index contributed by atoms with van der Waals surface area (Å²) < 4.78 is 0. The largest absolute Gasteiger partial charge is 0.480 e. The zero-order valence-corrected chi connectivity index (χ0v) is 13.0. The van der Waals surface area contributed by atoms with Crippen LogP contribution in [-0.2, 0) is 9.59 Å². The van der Waals surface area contributed by atoms with Crippen LogP contribution >= 0.6 is 11.8 Å². The number of hydrogen-bond acceptors (Lipinski definition) is 4. The standard InChI is InChI=1S/C14H24N2O3S/c1-10-16(11(9-20-10)13(18)19)12(17)8-14(15-2)6-4-3-5-7-14/h10-11,15H,3-9H2,1-2H3,(H,18,19). The molecule has 1 aliphatic heterocycles. The lowest BCUT2D eigenvalue weighted by Crippen LogP contribution is -2.52. The van der Waals surface area contributed by atoms with Crippen molar-refractivity contribution < 1.29 is 14.7 Å². The second-order valence-electron chi connectivity index (χ2n) is 5.86. The van der Waals surface area contributed by atoms with Crippen molar-refractivity contribution in [1.29, 1.82) is 0 Å². The van der Waals surface area contributed by atoms with E-state index in [2.05, 4.69) is 5.32 Å². The second-order valence-corrected chi connectivity index (χ2v) is 7.20. The highest BCUT2D eigenvalue weighted by Gasteiger charge is 2.42. The van der Waals surface area contributed by atoms with E-state index in [1.807, 2.05) is 14.0 Å². The lowest BCUT2D eigenvalue weighted by molar-refractivity contribution is -0.149. The first-order valence-electron chi connectivity index (χ1n) is 7.33. The first-order chi connectivity index (χ1) is 9.49. The van der Waals surface area contributed by atoms with Crippen LogP contribution in [0.5, 0.6) is 0 Å². The van der Waals surface area contributed by atoms with E-state index < -0.39 is 12.0 Å². The Labute approximate surface area is 124 Å². The molecule has 0 aromatic rings. The van der Waals surface area contributed by atoms with Gasteiger partial charge in [-0.1, -0.05) is 19.3 Å². The summed E-state index contributed by atoms with van der Waals surface area (Å²) in [5.41, 5.74) is -0.134. The summed E-state index contributed by atoms with van der Waals surface area (Å²) in [6, 6.07) is -0.667. The van der Waals surface area contributed by atoms with Crippen molar-refractivity contribution in [3.63, 3.8) is 0 Å². The van der Waals surface area contributed by atoms with E-state index in [1.165, 1.54) is 6.42 Å². The molecule has 2 N–H and O–H groups in total. The number of nitrogens with zero attached hydrogens (tertiary/aromatic N) is 1. The molecular weight excluding hydrogens is 276 g/mol. The lowest BCUT2D eigenvalue weighted by Gasteiger charge is -2.38. The molecule has 0 radical (unpaired) electrons. The molecule has 5 nitrogen and oxygen atoms in total. The first-order valence-corrected chi connectivity index (χ1v) is 8.38. The SMILES string of the molecule is CNC1(CC(=O)N2C(C)SCC2C(=O)O)CCCCC1. The molecule has 1 saturated heterocycles. The predicted molar refractivity (Wildman–Crippen MR) is 79.7 cm³/mol. The Morgan fingerprint density at radius 2 is 2.00 bits per heavy atom. The van der Waals surface area contributed by atoms with Gasteiger partial charge in [-0.2, -0.15) is 0 Å². The average Bonchev–Trinajstić information content (AvgIpc) is 2.82. The summed E-state index contributed by atoms with van der Waals surface area (Å²) in [4.78, 5) is 25.5. The maximum atomic E-state index is 12.6. The van der Waals surface area contributed by atoms with Gasteiger partial charge in [-0.3, -0.25) is 4.79 Å². The van der Waals surface area contributed by atoms with E-state index in [0.29, 0.717) is 12.2 Å². The highest BCUT2D eigenvalue weighted by atomic mass is 32.2. The summed E-state index contributed by atoms with van der Waals surface area (Å²) in [6.07, 6.45) is 5.93. The van der Waals surface area contributed by atoms with Crippen LogP contribution in [0.4, 0.5) is 0 Å². The van der Waals surface area contributed by atoms with Crippen molar-refractivity contribution in [2.75, 3.05) is 12.8 Å². The van der Waals surface area contributed by atoms with E-state index in [9.17, 15) is 14.7 Å². The zero-order valence-electron chi connectivity index (χ0n) is 12.2. The number of carbonyl (C=O) groups excluding carboxylic acids is 1. The maximum absolute atomic E-state index is 12.6. The van der Waals surface area contributed by atoms with Gasteiger partial charge in [0.05, 0.1) is 5.37 Å². The van der Waals surface area contributed by atoms with E-state index in [1.54, 1.807) is 16.7 Å². The molecule has 2 rings (SSSR count). The number of thioether (sulfide) groups is 1. The number of carboxylic acids is 1. The average molecular weight is 300 g/mol. The molecule has 0 aromatic heterocycles. The van der Waals surface area contributed by atoms with Gasteiger partial charge in [-0.05, 0) is 26.8 Å². The van der Waals surface area contributed by atoms with Gasteiger partial charge < -0.3 is 15.3 Å². The Balaban J connectivity index is 2.07. The highest BCUT2D eigenvalue weighted by molar-refractivity contribution is 8.00. The topological polar surface area (TPSA) is 69.6 Å². The molecular formula is C14H24N2O3S. The minimum absolute atomic E-state index is 0.0221. The molecule has 2 unspecified atom stereocenters. The van der Waals surface area contributed by atoms with E-state index in [0.717, 1.165) is 25.7 Å². The van der Waals surface area contributed by atoms with Crippen LogP contribution < -0.4 is 5.32 Å². The third-order valence-corrected chi connectivity index (χ3v) is 5.84. The summed E-state index contributed by atoms with van der Waals surface area (Å²) in [5, 5.41) is 12.5. The minimum Gasteiger partial charge on any atom is -0.480 e. The fraction of sp³-hybridized carbons (Fsp3) is 0.857. The first kappa shape index (κ1) is 15.6. The van der Waals surface area contributed by atoms with Crippen LogP contribution in [0.1, 0.15) is 45.4 Å². The number of carbonyl (C=O) groups is 2. The van der Waals surface area contributed by atoms with E-state index in [4.69, 9.17) is 0 Å². The Morgan fingerprint density at radius 1 is 1.35 bits per heavy atom. The van der Waals surface area contributed by atoms with Gasteiger partial charge in [0, 0.05) is 17.7 Å². The van der Waals surface area contributed by atoms with Crippen LogP contribution in [0.25, 0.3) is 0 Å². The zero-order chi connectivity index (χ0) is 14.8. The van der Waals surface area contributed by atoms with Crippen LogP contribution in [0.15, 0.2) is 0 Å². The van der Waals surface area contributed by atoms with Gasteiger partial charge in [0.15, 0.2) is 0 Å². The van der Waals surface area contributed by atoms with Gasteiger partial charge in [-0.25, -0.2) is 4.79 Å². The van der Waals surface area contributed by atoms with Crippen molar-refractivity contribution in [1.82, 2.24) is 10.2 Å². The van der Waals surface area contributed by atoms with E-state index in [-0.39, 0.29) is 16.8 Å². The molecule has 1 aliphatic carbocycles. The molecule has 1 saturated carbocycles. The normalized spacial score (nSPS) is 29.4. The molecule has 2 aliphatic rings.